The fraction of sp³-hybridized carbons (Fsp3) is 0.130. The lowest BCUT2D eigenvalue weighted by atomic mass is 10.2. The van der Waals surface area contributed by atoms with Crippen molar-refractivity contribution in [1.82, 2.24) is 0 Å². The largest absolute Gasteiger partial charge is 0.486 e. The minimum atomic E-state index is -0.393. The summed E-state index contributed by atoms with van der Waals surface area (Å²) in [6, 6.07) is 17.8. The van der Waals surface area contributed by atoms with Crippen molar-refractivity contribution in [3.05, 3.63) is 78.1 Å². The third kappa shape index (κ3) is 5.55. The Balaban J connectivity index is 1.27. The Labute approximate surface area is 182 Å². The van der Waals surface area contributed by atoms with E-state index in [0.717, 1.165) is 4.90 Å². The number of halogens is 1. The summed E-state index contributed by atoms with van der Waals surface area (Å²) >= 11 is 1.38. The average molecular weight is 438 g/mol. The molecule has 8 heteroatoms. The minimum Gasteiger partial charge on any atom is -0.486 e. The molecule has 0 saturated carbocycles. The number of anilines is 2. The van der Waals surface area contributed by atoms with Gasteiger partial charge in [-0.2, -0.15) is 0 Å². The Kier molecular flexibility index (Phi) is 6.37. The monoisotopic (exact) mass is 438 g/mol. The van der Waals surface area contributed by atoms with Crippen molar-refractivity contribution in [2.75, 3.05) is 29.6 Å². The first-order valence-corrected chi connectivity index (χ1v) is 10.5. The summed E-state index contributed by atoms with van der Waals surface area (Å²) in [5, 5.41) is 5.60. The Hall–Kier alpha value is -3.52. The number of amides is 2. The Morgan fingerprint density at radius 1 is 0.839 bits per heavy atom. The van der Waals surface area contributed by atoms with Crippen molar-refractivity contribution in [2.24, 2.45) is 0 Å². The lowest BCUT2D eigenvalue weighted by molar-refractivity contribution is -0.113. The van der Waals surface area contributed by atoms with E-state index in [2.05, 4.69) is 10.6 Å². The Bertz CT molecular complexity index is 1090. The van der Waals surface area contributed by atoms with E-state index >= 15 is 0 Å². The zero-order chi connectivity index (χ0) is 21.6. The molecule has 3 aromatic rings. The van der Waals surface area contributed by atoms with Crippen molar-refractivity contribution < 1.29 is 23.5 Å². The van der Waals surface area contributed by atoms with Crippen LogP contribution in [0.3, 0.4) is 0 Å². The van der Waals surface area contributed by atoms with Crippen LogP contribution in [0.2, 0.25) is 0 Å². The third-order valence-electron chi connectivity index (χ3n) is 4.41. The van der Waals surface area contributed by atoms with Crippen LogP contribution in [0.4, 0.5) is 15.8 Å². The van der Waals surface area contributed by atoms with E-state index < -0.39 is 5.82 Å². The second-order valence-corrected chi connectivity index (χ2v) is 7.73. The van der Waals surface area contributed by atoms with E-state index in [9.17, 15) is 14.0 Å². The molecule has 0 unspecified atom stereocenters. The van der Waals surface area contributed by atoms with Gasteiger partial charge in [0.1, 0.15) is 19.0 Å². The fourth-order valence-corrected chi connectivity index (χ4v) is 3.60. The van der Waals surface area contributed by atoms with Gasteiger partial charge in [-0.3, -0.25) is 9.59 Å². The second-order valence-electron chi connectivity index (χ2n) is 6.68. The zero-order valence-electron chi connectivity index (χ0n) is 16.4. The van der Waals surface area contributed by atoms with Crippen molar-refractivity contribution in [3.8, 4) is 11.5 Å². The Morgan fingerprint density at radius 3 is 2.26 bits per heavy atom. The van der Waals surface area contributed by atoms with Gasteiger partial charge in [-0.15, -0.1) is 11.8 Å². The molecular weight excluding hydrogens is 419 g/mol. The quantitative estimate of drug-likeness (QED) is 0.551. The average Bonchev–Trinajstić information content (AvgIpc) is 2.79. The van der Waals surface area contributed by atoms with Crippen molar-refractivity contribution >= 4 is 35.0 Å². The molecule has 0 aliphatic carbocycles. The molecule has 6 nitrogen and oxygen atoms in total. The lowest BCUT2D eigenvalue weighted by Crippen LogP contribution is -2.17. The second kappa shape index (κ2) is 9.53. The maximum Gasteiger partial charge on any atom is 0.255 e. The summed E-state index contributed by atoms with van der Waals surface area (Å²) in [6.07, 6.45) is 0. The fourth-order valence-electron chi connectivity index (χ4n) is 2.91. The molecule has 2 N–H and O–H groups in total. The topological polar surface area (TPSA) is 76.7 Å². The highest BCUT2D eigenvalue weighted by Gasteiger charge is 2.13. The van der Waals surface area contributed by atoms with Crippen LogP contribution >= 0.6 is 11.8 Å². The van der Waals surface area contributed by atoms with Crippen LogP contribution in [0.1, 0.15) is 10.4 Å². The molecular formula is C23H19FN2O4S. The molecule has 0 saturated heterocycles. The van der Waals surface area contributed by atoms with Crippen LogP contribution in [0.5, 0.6) is 11.5 Å². The van der Waals surface area contributed by atoms with Gasteiger partial charge in [0.05, 0.1) is 5.75 Å². The maximum absolute atomic E-state index is 13.0. The molecule has 0 fully saturated rings. The summed E-state index contributed by atoms with van der Waals surface area (Å²) in [5.41, 5.74) is 1.63. The molecule has 0 radical (unpaired) electrons. The molecule has 0 spiro atoms. The number of hydrogen-bond donors (Lipinski definition) is 2. The molecule has 0 atom stereocenters. The van der Waals surface area contributed by atoms with Crippen molar-refractivity contribution in [2.45, 2.75) is 4.90 Å². The maximum atomic E-state index is 13.0. The van der Waals surface area contributed by atoms with Crippen LogP contribution in [0.25, 0.3) is 0 Å². The molecule has 158 valence electrons. The molecule has 4 rings (SSSR count). The number of carbonyl (C=O) groups is 2. The zero-order valence-corrected chi connectivity index (χ0v) is 17.2. The highest BCUT2D eigenvalue weighted by atomic mass is 32.2. The molecule has 1 heterocycles. The number of benzene rings is 3. The molecule has 31 heavy (non-hydrogen) atoms. The molecule has 3 aromatic carbocycles. The van der Waals surface area contributed by atoms with E-state index in [0.29, 0.717) is 41.7 Å². The number of ether oxygens (including phenoxy) is 2. The molecule has 0 aromatic heterocycles. The van der Waals surface area contributed by atoms with Crippen LogP contribution < -0.4 is 20.1 Å². The molecule has 1 aliphatic rings. The molecule has 0 bridgehead atoms. The van der Waals surface area contributed by atoms with Gasteiger partial charge in [0, 0.05) is 27.9 Å². The van der Waals surface area contributed by atoms with Gasteiger partial charge in [0.2, 0.25) is 5.91 Å². The highest BCUT2D eigenvalue weighted by molar-refractivity contribution is 8.00. The predicted octanol–water partition coefficient (Wildman–Crippen LogP) is 4.58. The van der Waals surface area contributed by atoms with Gasteiger partial charge in [-0.25, -0.2) is 4.39 Å². The SMILES string of the molecule is O=C(CSc1ccc(NC(=O)c2ccc(F)cc2)cc1)Nc1ccc2c(c1)OCCO2. The van der Waals surface area contributed by atoms with Gasteiger partial charge in [-0.1, -0.05) is 0 Å². The molecule has 2 amide bonds. The van der Waals surface area contributed by atoms with E-state index in [1.807, 2.05) is 12.1 Å². The number of thioether (sulfide) groups is 1. The van der Waals surface area contributed by atoms with E-state index in [-0.39, 0.29) is 17.6 Å². The number of nitrogens with one attached hydrogen (secondary N) is 2. The lowest BCUT2D eigenvalue weighted by Gasteiger charge is -2.19. The first kappa shape index (κ1) is 20.7. The Morgan fingerprint density at radius 2 is 1.52 bits per heavy atom. The third-order valence-corrected chi connectivity index (χ3v) is 5.43. The smallest absolute Gasteiger partial charge is 0.255 e. The van der Waals surface area contributed by atoms with Crippen LogP contribution in [0.15, 0.2) is 71.6 Å². The first-order chi connectivity index (χ1) is 15.1. The van der Waals surface area contributed by atoms with Crippen molar-refractivity contribution in [3.63, 3.8) is 0 Å². The summed E-state index contributed by atoms with van der Waals surface area (Å²) in [4.78, 5) is 25.3. The normalized spacial score (nSPS) is 12.2. The summed E-state index contributed by atoms with van der Waals surface area (Å²) < 4.78 is 24.0. The van der Waals surface area contributed by atoms with Crippen LogP contribution in [0, 0.1) is 5.82 Å². The standard InChI is InChI=1S/C23H19FN2O4S/c24-16-3-1-15(2-4-16)23(28)26-17-5-8-19(9-6-17)31-14-22(27)25-18-7-10-20-21(13-18)30-12-11-29-20/h1-10,13H,11-12,14H2,(H,25,27)(H,26,28). The number of carbonyl (C=O) groups excluding carboxylic acids is 2. The van der Waals surface area contributed by atoms with Gasteiger partial charge >= 0.3 is 0 Å². The van der Waals surface area contributed by atoms with Gasteiger partial charge in [0.25, 0.3) is 5.91 Å². The molecule has 1 aliphatic heterocycles. The minimum absolute atomic E-state index is 0.143. The summed E-state index contributed by atoms with van der Waals surface area (Å²) in [5.74, 6) is 0.668. The van der Waals surface area contributed by atoms with Gasteiger partial charge in [-0.05, 0) is 60.7 Å². The van der Waals surface area contributed by atoms with Gasteiger partial charge < -0.3 is 20.1 Å². The summed E-state index contributed by atoms with van der Waals surface area (Å²) in [7, 11) is 0. The number of fused-ring (bicyclic) bond motifs is 1. The van der Waals surface area contributed by atoms with Crippen LogP contribution in [-0.2, 0) is 4.79 Å². The number of rotatable bonds is 6. The van der Waals surface area contributed by atoms with E-state index in [1.165, 1.54) is 36.0 Å². The van der Waals surface area contributed by atoms with Gasteiger partial charge in [0.15, 0.2) is 11.5 Å². The van der Waals surface area contributed by atoms with Crippen molar-refractivity contribution in [1.29, 1.82) is 0 Å². The first-order valence-electron chi connectivity index (χ1n) is 9.56. The predicted molar refractivity (Wildman–Crippen MR) is 118 cm³/mol. The van der Waals surface area contributed by atoms with Crippen LogP contribution in [-0.4, -0.2) is 30.8 Å². The van der Waals surface area contributed by atoms with E-state index in [1.54, 1.807) is 30.3 Å². The summed E-state index contributed by atoms with van der Waals surface area (Å²) in [6.45, 7) is 1.00. The highest BCUT2D eigenvalue weighted by Crippen LogP contribution is 2.32. The number of hydrogen-bond acceptors (Lipinski definition) is 5. The van der Waals surface area contributed by atoms with E-state index in [4.69, 9.17) is 9.47 Å².